The summed E-state index contributed by atoms with van der Waals surface area (Å²) in [5, 5.41) is 1.73. The number of anilines is 1. The fourth-order valence-corrected chi connectivity index (χ4v) is 5.61. The van der Waals surface area contributed by atoms with Gasteiger partial charge in [-0.25, -0.2) is 8.42 Å². The Balaban J connectivity index is 1.54. The van der Waals surface area contributed by atoms with E-state index in [-0.39, 0.29) is 18.6 Å². The molecule has 1 aliphatic heterocycles. The minimum absolute atomic E-state index is 0.0524. The number of piperidine rings is 1. The van der Waals surface area contributed by atoms with E-state index in [2.05, 4.69) is 6.92 Å². The molecule has 1 aliphatic rings. The second kappa shape index (κ2) is 10.3. The molecule has 0 radical (unpaired) electrons. The van der Waals surface area contributed by atoms with Crippen molar-refractivity contribution < 1.29 is 22.7 Å². The number of carbonyl (C=O) groups excluding carboxylic acids is 1. The summed E-state index contributed by atoms with van der Waals surface area (Å²) in [4.78, 5) is 14.3. The Bertz CT molecular complexity index is 913. The van der Waals surface area contributed by atoms with E-state index in [0.29, 0.717) is 28.8 Å². The molecule has 0 bridgehead atoms. The van der Waals surface area contributed by atoms with Crippen LogP contribution in [0.5, 0.6) is 5.75 Å². The molecule has 3 rings (SSSR count). The number of sulfonamides is 1. The van der Waals surface area contributed by atoms with Crippen LogP contribution in [0, 0.1) is 0 Å². The van der Waals surface area contributed by atoms with Gasteiger partial charge >= 0.3 is 0 Å². The minimum atomic E-state index is -3.58. The lowest BCUT2D eigenvalue weighted by molar-refractivity contribution is -0.137. The van der Waals surface area contributed by atoms with Gasteiger partial charge in [-0.1, -0.05) is 13.0 Å². The summed E-state index contributed by atoms with van der Waals surface area (Å²) in [5.41, 5.74) is 0.522. The SMILES string of the molecule is CCCOC1CCCN(C(=O)COc2ccc(N(C)S(=O)(=O)c3cccs3)cc2)C1. The largest absolute Gasteiger partial charge is 0.484 e. The number of rotatable bonds is 9. The fourth-order valence-electron chi connectivity index (χ4n) is 3.26. The zero-order chi connectivity index (χ0) is 21.6. The molecule has 1 aromatic carbocycles. The molecular formula is C21H28N2O5S2. The molecule has 0 saturated carbocycles. The summed E-state index contributed by atoms with van der Waals surface area (Å²) in [6, 6.07) is 9.97. The number of carbonyl (C=O) groups is 1. The van der Waals surface area contributed by atoms with Gasteiger partial charge in [0.15, 0.2) is 6.61 Å². The molecule has 1 fully saturated rings. The van der Waals surface area contributed by atoms with Gasteiger partial charge in [0.2, 0.25) is 0 Å². The van der Waals surface area contributed by atoms with Gasteiger partial charge in [-0.15, -0.1) is 11.3 Å². The van der Waals surface area contributed by atoms with Crippen molar-refractivity contribution in [2.45, 2.75) is 36.5 Å². The summed E-state index contributed by atoms with van der Waals surface area (Å²) in [6.07, 6.45) is 2.98. The molecule has 1 unspecified atom stereocenters. The Labute approximate surface area is 182 Å². The van der Waals surface area contributed by atoms with Crippen LogP contribution in [0.1, 0.15) is 26.2 Å². The predicted octanol–water partition coefficient (Wildman–Crippen LogP) is 3.37. The molecule has 164 valence electrons. The highest BCUT2D eigenvalue weighted by atomic mass is 32.2. The Hall–Kier alpha value is -2.10. The molecular weight excluding hydrogens is 424 g/mol. The smallest absolute Gasteiger partial charge is 0.273 e. The number of thiophene rings is 1. The van der Waals surface area contributed by atoms with Crippen molar-refractivity contribution >= 4 is 33.0 Å². The molecule has 2 heterocycles. The molecule has 0 spiro atoms. The first-order chi connectivity index (χ1) is 14.4. The molecule has 0 aliphatic carbocycles. The van der Waals surface area contributed by atoms with E-state index in [4.69, 9.17) is 9.47 Å². The third-order valence-corrected chi connectivity index (χ3v) is 8.12. The zero-order valence-corrected chi connectivity index (χ0v) is 19.0. The number of benzene rings is 1. The lowest BCUT2D eigenvalue weighted by Gasteiger charge is -2.32. The number of nitrogens with zero attached hydrogens (tertiary/aromatic N) is 2. The van der Waals surface area contributed by atoms with Crippen LogP contribution in [0.4, 0.5) is 5.69 Å². The van der Waals surface area contributed by atoms with Crippen LogP contribution < -0.4 is 9.04 Å². The molecule has 1 saturated heterocycles. The molecule has 9 heteroatoms. The normalized spacial score (nSPS) is 17.0. The van der Waals surface area contributed by atoms with Crippen molar-refractivity contribution in [3.63, 3.8) is 0 Å². The monoisotopic (exact) mass is 452 g/mol. The van der Waals surface area contributed by atoms with Crippen molar-refractivity contribution in [3.8, 4) is 5.75 Å². The van der Waals surface area contributed by atoms with Crippen LogP contribution in [-0.2, 0) is 19.6 Å². The topological polar surface area (TPSA) is 76.2 Å². The van der Waals surface area contributed by atoms with Crippen molar-refractivity contribution in [1.82, 2.24) is 4.90 Å². The van der Waals surface area contributed by atoms with Gasteiger partial charge < -0.3 is 14.4 Å². The van der Waals surface area contributed by atoms with E-state index in [0.717, 1.165) is 25.8 Å². The summed E-state index contributed by atoms with van der Waals surface area (Å²) in [7, 11) is -2.06. The van der Waals surface area contributed by atoms with Crippen molar-refractivity contribution in [2.75, 3.05) is 37.7 Å². The maximum atomic E-state index is 12.6. The Kier molecular flexibility index (Phi) is 7.74. The number of hydrogen-bond acceptors (Lipinski definition) is 6. The summed E-state index contributed by atoms with van der Waals surface area (Å²) >= 11 is 1.18. The Morgan fingerprint density at radius 2 is 2.03 bits per heavy atom. The standard InChI is InChI=1S/C21H28N2O5S2/c1-3-13-27-19-6-4-12-23(15-19)20(24)16-28-18-10-8-17(9-11-18)22(2)30(25,26)21-7-5-14-29-21/h5,7-11,14,19H,3-4,6,12-13,15-16H2,1-2H3. The highest BCUT2D eigenvalue weighted by Crippen LogP contribution is 2.26. The highest BCUT2D eigenvalue weighted by molar-refractivity contribution is 7.94. The van der Waals surface area contributed by atoms with Gasteiger partial charge in [-0.2, -0.15) is 0 Å². The van der Waals surface area contributed by atoms with E-state index < -0.39 is 10.0 Å². The van der Waals surface area contributed by atoms with E-state index >= 15 is 0 Å². The lowest BCUT2D eigenvalue weighted by Crippen LogP contribution is -2.45. The average Bonchev–Trinajstić information content (AvgIpc) is 3.32. The third kappa shape index (κ3) is 5.53. The molecule has 7 nitrogen and oxygen atoms in total. The maximum absolute atomic E-state index is 12.6. The van der Waals surface area contributed by atoms with E-state index in [1.54, 1.807) is 46.7 Å². The van der Waals surface area contributed by atoms with Crippen LogP contribution in [0.15, 0.2) is 46.0 Å². The van der Waals surface area contributed by atoms with Crippen molar-refractivity contribution in [3.05, 3.63) is 41.8 Å². The number of hydrogen-bond donors (Lipinski definition) is 0. The van der Waals surface area contributed by atoms with Gasteiger partial charge in [-0.05, 0) is 55.0 Å². The fraction of sp³-hybridized carbons (Fsp3) is 0.476. The molecule has 2 aromatic rings. The van der Waals surface area contributed by atoms with Crippen LogP contribution in [0.2, 0.25) is 0 Å². The first-order valence-electron chi connectivity index (χ1n) is 10.1. The predicted molar refractivity (Wildman–Crippen MR) is 118 cm³/mol. The maximum Gasteiger partial charge on any atom is 0.273 e. The second-order valence-electron chi connectivity index (χ2n) is 7.16. The number of ether oxygens (including phenoxy) is 2. The first-order valence-corrected chi connectivity index (χ1v) is 12.4. The van der Waals surface area contributed by atoms with Crippen LogP contribution in [0.3, 0.4) is 0 Å². The van der Waals surface area contributed by atoms with Gasteiger partial charge in [0, 0.05) is 26.7 Å². The van der Waals surface area contributed by atoms with Crippen molar-refractivity contribution in [2.24, 2.45) is 0 Å². The van der Waals surface area contributed by atoms with Crippen molar-refractivity contribution in [1.29, 1.82) is 0 Å². The Morgan fingerprint density at radius 3 is 2.70 bits per heavy atom. The molecule has 0 N–H and O–H groups in total. The van der Waals surface area contributed by atoms with Gasteiger partial charge in [0.25, 0.3) is 15.9 Å². The minimum Gasteiger partial charge on any atom is -0.484 e. The third-order valence-electron chi connectivity index (χ3n) is 4.96. The summed E-state index contributed by atoms with van der Waals surface area (Å²) in [5.74, 6) is 0.450. The zero-order valence-electron chi connectivity index (χ0n) is 17.3. The van der Waals surface area contributed by atoms with Crippen LogP contribution in [0.25, 0.3) is 0 Å². The highest BCUT2D eigenvalue weighted by Gasteiger charge is 2.25. The number of amides is 1. The molecule has 30 heavy (non-hydrogen) atoms. The second-order valence-corrected chi connectivity index (χ2v) is 10.3. The lowest BCUT2D eigenvalue weighted by atomic mass is 10.1. The summed E-state index contributed by atoms with van der Waals surface area (Å²) < 4.78 is 38.1. The van der Waals surface area contributed by atoms with E-state index in [1.165, 1.54) is 22.7 Å². The molecule has 1 atom stereocenters. The van der Waals surface area contributed by atoms with Crippen LogP contribution >= 0.6 is 11.3 Å². The molecule has 1 aromatic heterocycles. The van der Waals surface area contributed by atoms with E-state index in [1.807, 2.05) is 0 Å². The number of likely N-dealkylation sites (tertiary alicyclic amines) is 1. The first kappa shape index (κ1) is 22.6. The van der Waals surface area contributed by atoms with Gasteiger partial charge in [0.05, 0.1) is 11.8 Å². The van der Waals surface area contributed by atoms with Gasteiger partial charge in [0.1, 0.15) is 9.96 Å². The quantitative estimate of drug-likeness (QED) is 0.583. The Morgan fingerprint density at radius 1 is 1.27 bits per heavy atom. The molecule has 1 amide bonds. The average molecular weight is 453 g/mol. The van der Waals surface area contributed by atoms with Gasteiger partial charge in [-0.3, -0.25) is 9.10 Å². The summed E-state index contributed by atoms with van der Waals surface area (Å²) in [6.45, 7) is 4.06. The van der Waals surface area contributed by atoms with E-state index in [9.17, 15) is 13.2 Å². The van der Waals surface area contributed by atoms with Crippen LogP contribution in [-0.4, -0.2) is 58.7 Å².